The van der Waals surface area contributed by atoms with Crippen LogP contribution in [-0.4, -0.2) is 22.9 Å². The number of Topliss-reactive ketones (excluding diaryl/α,β-unsaturated/α-hetero) is 1. The van der Waals surface area contributed by atoms with E-state index in [1.54, 1.807) is 6.07 Å². The molecule has 0 bridgehead atoms. The second kappa shape index (κ2) is 6.26. The quantitative estimate of drug-likeness (QED) is 0.802. The molecule has 0 aliphatic carbocycles. The number of halogens is 1. The predicted molar refractivity (Wildman–Crippen MR) is 64.5 cm³/mol. The summed E-state index contributed by atoms with van der Waals surface area (Å²) in [5, 5.41) is 9.04. The summed E-state index contributed by atoms with van der Waals surface area (Å²) in [5.74, 6) is -2.86. The predicted octanol–water partition coefficient (Wildman–Crippen LogP) is 1.38. The molecule has 1 aromatic rings. The maximum absolute atomic E-state index is 13.4. The smallest absolute Gasteiger partial charge is 0.307 e. The van der Waals surface area contributed by atoms with Gasteiger partial charge in [0.25, 0.3) is 0 Å². The second-order valence-electron chi connectivity index (χ2n) is 4.29. The minimum atomic E-state index is -1.12. The van der Waals surface area contributed by atoms with Crippen LogP contribution in [0.1, 0.15) is 18.9 Å². The zero-order valence-corrected chi connectivity index (χ0v) is 10.1. The van der Waals surface area contributed by atoms with Crippen LogP contribution in [0.25, 0.3) is 0 Å². The number of carboxylic acids is 1. The fourth-order valence-electron chi connectivity index (χ4n) is 1.60. The third-order valence-corrected chi connectivity index (χ3v) is 2.73. The first kappa shape index (κ1) is 14.3. The van der Waals surface area contributed by atoms with Gasteiger partial charge in [-0.15, -0.1) is 0 Å². The summed E-state index contributed by atoms with van der Waals surface area (Å²) in [6.45, 7) is 1.50. The first-order valence-electron chi connectivity index (χ1n) is 5.66. The number of carbonyl (C=O) groups excluding carboxylic acids is 1. The zero-order valence-electron chi connectivity index (χ0n) is 10.1. The van der Waals surface area contributed by atoms with Crippen molar-refractivity contribution in [2.24, 2.45) is 11.7 Å². The first-order chi connectivity index (χ1) is 8.41. The Bertz CT molecular complexity index is 446. The molecule has 0 amide bonds. The van der Waals surface area contributed by atoms with Gasteiger partial charge in [-0.25, -0.2) is 4.39 Å². The van der Waals surface area contributed by atoms with Gasteiger partial charge in [-0.1, -0.05) is 18.2 Å². The van der Waals surface area contributed by atoms with Crippen LogP contribution in [0, 0.1) is 11.7 Å². The Balaban J connectivity index is 2.79. The van der Waals surface area contributed by atoms with E-state index >= 15 is 0 Å². The monoisotopic (exact) mass is 253 g/mol. The Morgan fingerprint density at radius 1 is 1.39 bits per heavy atom. The Morgan fingerprint density at radius 2 is 2.00 bits per heavy atom. The largest absolute Gasteiger partial charge is 0.481 e. The number of benzene rings is 1. The normalized spacial score (nSPS) is 13.9. The Labute approximate surface area is 105 Å². The molecule has 3 N–H and O–H groups in total. The van der Waals surface area contributed by atoms with Crippen molar-refractivity contribution >= 4 is 11.8 Å². The average Bonchev–Trinajstić information content (AvgIpc) is 2.30. The SMILES string of the molecule is C[C@H](N)C(=O)C[C@@H](Cc1ccccc1F)C(=O)O. The molecule has 2 atom stereocenters. The number of carbonyl (C=O) groups is 2. The number of aliphatic carboxylic acids is 1. The van der Waals surface area contributed by atoms with Gasteiger partial charge in [-0.2, -0.15) is 0 Å². The number of hydrogen-bond donors (Lipinski definition) is 2. The van der Waals surface area contributed by atoms with Crippen molar-refractivity contribution in [3.63, 3.8) is 0 Å². The molecule has 0 unspecified atom stereocenters. The van der Waals surface area contributed by atoms with Gasteiger partial charge in [0.05, 0.1) is 12.0 Å². The molecule has 0 aromatic heterocycles. The fourth-order valence-corrected chi connectivity index (χ4v) is 1.60. The number of rotatable bonds is 6. The Hall–Kier alpha value is -1.75. The molecule has 0 fully saturated rings. The van der Waals surface area contributed by atoms with Gasteiger partial charge >= 0.3 is 5.97 Å². The van der Waals surface area contributed by atoms with Crippen molar-refractivity contribution in [1.29, 1.82) is 0 Å². The molecule has 0 heterocycles. The number of hydrogen-bond acceptors (Lipinski definition) is 3. The van der Waals surface area contributed by atoms with Crippen molar-refractivity contribution in [3.05, 3.63) is 35.6 Å². The van der Waals surface area contributed by atoms with Gasteiger partial charge in [-0.3, -0.25) is 9.59 Å². The van der Waals surface area contributed by atoms with Crippen molar-refractivity contribution in [1.82, 2.24) is 0 Å². The van der Waals surface area contributed by atoms with Crippen LogP contribution in [0.15, 0.2) is 24.3 Å². The van der Waals surface area contributed by atoms with Crippen LogP contribution in [-0.2, 0) is 16.0 Å². The minimum absolute atomic E-state index is 0.0134. The Morgan fingerprint density at radius 3 is 2.50 bits per heavy atom. The number of nitrogens with two attached hydrogens (primary N) is 1. The molecule has 0 spiro atoms. The van der Waals surface area contributed by atoms with Crippen molar-refractivity contribution < 1.29 is 19.1 Å². The lowest BCUT2D eigenvalue weighted by Crippen LogP contribution is -2.31. The Kier molecular flexibility index (Phi) is 4.97. The van der Waals surface area contributed by atoms with Gasteiger partial charge in [0.2, 0.25) is 0 Å². The molecule has 0 aliphatic rings. The van der Waals surface area contributed by atoms with Gasteiger partial charge < -0.3 is 10.8 Å². The maximum Gasteiger partial charge on any atom is 0.307 e. The third-order valence-electron chi connectivity index (χ3n) is 2.73. The summed E-state index contributed by atoms with van der Waals surface area (Å²) < 4.78 is 13.4. The summed E-state index contributed by atoms with van der Waals surface area (Å²) in [4.78, 5) is 22.5. The standard InChI is InChI=1S/C13H16FNO3/c1-8(15)12(16)7-10(13(17)18)6-9-4-2-3-5-11(9)14/h2-5,8,10H,6-7,15H2,1H3,(H,17,18)/t8-,10+/m0/s1. The molecule has 98 valence electrons. The summed E-state index contributed by atoms with van der Waals surface area (Å²) >= 11 is 0. The van der Waals surface area contributed by atoms with Crippen molar-refractivity contribution in [2.75, 3.05) is 0 Å². The molecular weight excluding hydrogens is 237 g/mol. The van der Waals surface area contributed by atoms with Crippen molar-refractivity contribution in [3.8, 4) is 0 Å². The molecular formula is C13H16FNO3. The maximum atomic E-state index is 13.4. The van der Waals surface area contributed by atoms with E-state index in [1.807, 2.05) is 0 Å². The fraction of sp³-hybridized carbons (Fsp3) is 0.385. The van der Waals surface area contributed by atoms with Crippen LogP contribution < -0.4 is 5.73 Å². The molecule has 5 heteroatoms. The van der Waals surface area contributed by atoms with Crippen LogP contribution >= 0.6 is 0 Å². The third kappa shape index (κ3) is 3.92. The highest BCUT2D eigenvalue weighted by Crippen LogP contribution is 2.16. The second-order valence-corrected chi connectivity index (χ2v) is 4.29. The highest BCUT2D eigenvalue weighted by molar-refractivity contribution is 5.87. The van der Waals surface area contributed by atoms with E-state index in [2.05, 4.69) is 0 Å². The van der Waals surface area contributed by atoms with Crippen LogP contribution in [0.2, 0.25) is 0 Å². The molecule has 0 aliphatic heterocycles. The van der Waals surface area contributed by atoms with Gasteiger partial charge in [-0.05, 0) is 25.0 Å². The van der Waals surface area contributed by atoms with E-state index in [4.69, 9.17) is 10.8 Å². The zero-order chi connectivity index (χ0) is 13.7. The van der Waals surface area contributed by atoms with Gasteiger partial charge in [0.15, 0.2) is 0 Å². The van der Waals surface area contributed by atoms with E-state index < -0.39 is 23.7 Å². The lowest BCUT2D eigenvalue weighted by molar-refractivity contribution is -0.143. The van der Waals surface area contributed by atoms with E-state index in [-0.39, 0.29) is 18.6 Å². The highest BCUT2D eigenvalue weighted by Gasteiger charge is 2.24. The molecule has 0 saturated heterocycles. The highest BCUT2D eigenvalue weighted by atomic mass is 19.1. The van der Waals surface area contributed by atoms with Crippen molar-refractivity contribution in [2.45, 2.75) is 25.8 Å². The van der Waals surface area contributed by atoms with E-state index in [1.165, 1.54) is 25.1 Å². The van der Waals surface area contributed by atoms with E-state index in [9.17, 15) is 14.0 Å². The number of carboxylic acid groups (broad SMARTS) is 1. The topological polar surface area (TPSA) is 80.4 Å². The molecule has 4 nitrogen and oxygen atoms in total. The summed E-state index contributed by atoms with van der Waals surface area (Å²) in [7, 11) is 0. The molecule has 1 aromatic carbocycles. The average molecular weight is 253 g/mol. The van der Waals surface area contributed by atoms with Crippen LogP contribution in [0.5, 0.6) is 0 Å². The number of ketones is 1. The minimum Gasteiger partial charge on any atom is -0.481 e. The van der Waals surface area contributed by atoms with Gasteiger partial charge in [0.1, 0.15) is 11.6 Å². The van der Waals surface area contributed by atoms with Crippen LogP contribution in [0.3, 0.4) is 0 Å². The lowest BCUT2D eigenvalue weighted by Gasteiger charge is -2.13. The molecule has 0 saturated carbocycles. The van der Waals surface area contributed by atoms with Crippen LogP contribution in [0.4, 0.5) is 4.39 Å². The van der Waals surface area contributed by atoms with Gasteiger partial charge in [0, 0.05) is 6.42 Å². The summed E-state index contributed by atoms with van der Waals surface area (Å²) in [6.07, 6.45) is -0.193. The summed E-state index contributed by atoms with van der Waals surface area (Å²) in [6, 6.07) is 5.24. The summed E-state index contributed by atoms with van der Waals surface area (Å²) in [5.41, 5.74) is 5.68. The molecule has 18 heavy (non-hydrogen) atoms. The molecule has 0 radical (unpaired) electrons. The van der Waals surface area contributed by atoms with E-state index in [0.29, 0.717) is 5.56 Å². The first-order valence-corrected chi connectivity index (χ1v) is 5.66. The molecule has 1 rings (SSSR count). The lowest BCUT2D eigenvalue weighted by atomic mass is 9.92. The van der Waals surface area contributed by atoms with E-state index in [0.717, 1.165) is 0 Å².